The van der Waals surface area contributed by atoms with Gasteiger partial charge in [-0.2, -0.15) is 5.26 Å². The maximum absolute atomic E-state index is 12.7. The molecule has 0 spiro atoms. The summed E-state index contributed by atoms with van der Waals surface area (Å²) in [5.74, 6) is 0.0677. The van der Waals surface area contributed by atoms with Crippen LogP contribution in [0.2, 0.25) is 0 Å². The van der Waals surface area contributed by atoms with Crippen LogP contribution in [0.4, 0.5) is 11.4 Å². The standard InChI is InChI=1S/C19H25N5O/c1-2-7-23-14-19(25)24(11-10-22-8-5-16(21)6-9-22)18-12-15(13-20)3-4-17(18)23/h2-4,12,16H,1,5-11,14,21H2. The van der Waals surface area contributed by atoms with E-state index in [2.05, 4.69) is 17.5 Å². The highest BCUT2D eigenvalue weighted by atomic mass is 16.2. The molecule has 1 fully saturated rings. The number of nitrogens with two attached hydrogens (primary N) is 1. The van der Waals surface area contributed by atoms with Gasteiger partial charge in [0.2, 0.25) is 5.91 Å². The van der Waals surface area contributed by atoms with E-state index in [4.69, 9.17) is 5.73 Å². The summed E-state index contributed by atoms with van der Waals surface area (Å²) in [6.45, 7) is 8.16. The molecule has 25 heavy (non-hydrogen) atoms. The highest BCUT2D eigenvalue weighted by Gasteiger charge is 2.29. The number of amides is 1. The van der Waals surface area contributed by atoms with Crippen molar-refractivity contribution in [3.8, 4) is 6.07 Å². The number of carbonyl (C=O) groups is 1. The van der Waals surface area contributed by atoms with Crippen molar-refractivity contribution < 1.29 is 4.79 Å². The van der Waals surface area contributed by atoms with E-state index < -0.39 is 0 Å². The molecule has 0 unspecified atom stereocenters. The number of nitriles is 1. The zero-order chi connectivity index (χ0) is 17.8. The van der Waals surface area contributed by atoms with E-state index in [1.54, 1.807) is 12.1 Å². The summed E-state index contributed by atoms with van der Waals surface area (Å²) < 4.78 is 0. The van der Waals surface area contributed by atoms with Crippen LogP contribution in [0.25, 0.3) is 0 Å². The maximum atomic E-state index is 12.7. The Morgan fingerprint density at radius 3 is 2.72 bits per heavy atom. The summed E-state index contributed by atoms with van der Waals surface area (Å²) in [7, 11) is 0. The Morgan fingerprint density at radius 2 is 2.04 bits per heavy atom. The number of rotatable bonds is 5. The van der Waals surface area contributed by atoms with Crippen LogP contribution in [0.3, 0.4) is 0 Å². The van der Waals surface area contributed by atoms with Gasteiger partial charge in [0, 0.05) is 25.7 Å². The normalized spacial score (nSPS) is 18.8. The van der Waals surface area contributed by atoms with Crippen LogP contribution in [-0.2, 0) is 4.79 Å². The van der Waals surface area contributed by atoms with Crippen molar-refractivity contribution in [2.24, 2.45) is 5.73 Å². The van der Waals surface area contributed by atoms with Crippen LogP contribution < -0.4 is 15.5 Å². The molecule has 1 aromatic rings. The number of hydrogen-bond acceptors (Lipinski definition) is 5. The summed E-state index contributed by atoms with van der Waals surface area (Å²) in [6.07, 6.45) is 3.81. The molecule has 1 saturated heterocycles. The van der Waals surface area contributed by atoms with Crippen LogP contribution in [0.15, 0.2) is 30.9 Å². The molecular weight excluding hydrogens is 314 g/mol. The van der Waals surface area contributed by atoms with E-state index in [1.807, 2.05) is 21.9 Å². The van der Waals surface area contributed by atoms with Crippen molar-refractivity contribution in [3.05, 3.63) is 36.4 Å². The van der Waals surface area contributed by atoms with Crippen molar-refractivity contribution in [1.29, 1.82) is 5.26 Å². The number of carbonyl (C=O) groups excluding carboxylic acids is 1. The molecule has 1 aromatic carbocycles. The van der Waals surface area contributed by atoms with Crippen LogP contribution >= 0.6 is 0 Å². The fourth-order valence-electron chi connectivity index (χ4n) is 3.53. The first-order valence-corrected chi connectivity index (χ1v) is 8.80. The summed E-state index contributed by atoms with van der Waals surface area (Å²) in [4.78, 5) is 18.9. The summed E-state index contributed by atoms with van der Waals surface area (Å²) in [6, 6.07) is 8.02. The number of anilines is 2. The highest BCUT2D eigenvalue weighted by Crippen LogP contribution is 2.34. The first kappa shape index (κ1) is 17.5. The average Bonchev–Trinajstić information content (AvgIpc) is 2.62. The van der Waals surface area contributed by atoms with E-state index in [0.29, 0.717) is 31.2 Å². The van der Waals surface area contributed by atoms with Gasteiger partial charge in [0.15, 0.2) is 0 Å². The summed E-state index contributed by atoms with van der Waals surface area (Å²) in [5, 5.41) is 9.22. The van der Waals surface area contributed by atoms with Crippen molar-refractivity contribution in [2.75, 3.05) is 49.1 Å². The number of likely N-dealkylation sites (tertiary alicyclic amines) is 1. The van der Waals surface area contributed by atoms with Gasteiger partial charge >= 0.3 is 0 Å². The number of nitrogens with zero attached hydrogens (tertiary/aromatic N) is 4. The zero-order valence-corrected chi connectivity index (χ0v) is 14.5. The zero-order valence-electron chi connectivity index (χ0n) is 14.5. The fourth-order valence-corrected chi connectivity index (χ4v) is 3.53. The molecule has 2 heterocycles. The Kier molecular flexibility index (Phi) is 5.37. The molecule has 1 amide bonds. The number of fused-ring (bicyclic) bond motifs is 1. The van der Waals surface area contributed by atoms with Gasteiger partial charge in [-0.3, -0.25) is 4.79 Å². The second-order valence-corrected chi connectivity index (χ2v) is 6.71. The van der Waals surface area contributed by atoms with E-state index in [1.165, 1.54) is 0 Å². The molecule has 0 bridgehead atoms. The minimum Gasteiger partial charge on any atom is -0.357 e. The third kappa shape index (κ3) is 3.84. The lowest BCUT2D eigenvalue weighted by molar-refractivity contribution is -0.117. The lowest BCUT2D eigenvalue weighted by Crippen LogP contribution is -2.49. The molecule has 6 heteroatoms. The third-order valence-electron chi connectivity index (χ3n) is 4.98. The Bertz CT molecular complexity index is 688. The first-order chi connectivity index (χ1) is 12.1. The monoisotopic (exact) mass is 339 g/mol. The van der Waals surface area contributed by atoms with Crippen LogP contribution in [0.5, 0.6) is 0 Å². The maximum Gasteiger partial charge on any atom is 0.246 e. The molecule has 2 aliphatic heterocycles. The minimum absolute atomic E-state index is 0.0677. The minimum atomic E-state index is 0.0677. The number of hydrogen-bond donors (Lipinski definition) is 1. The van der Waals surface area contributed by atoms with Crippen molar-refractivity contribution in [3.63, 3.8) is 0 Å². The van der Waals surface area contributed by atoms with Crippen molar-refractivity contribution in [1.82, 2.24) is 4.90 Å². The average molecular weight is 339 g/mol. The SMILES string of the molecule is C=CCN1CC(=O)N(CCN2CCC(N)CC2)c2cc(C#N)ccc21. The van der Waals surface area contributed by atoms with Gasteiger partial charge in [-0.05, 0) is 44.1 Å². The molecular formula is C19H25N5O. The largest absolute Gasteiger partial charge is 0.357 e. The quantitative estimate of drug-likeness (QED) is 0.819. The second kappa shape index (κ2) is 7.68. The Morgan fingerprint density at radius 1 is 1.28 bits per heavy atom. The molecule has 3 rings (SSSR count). The van der Waals surface area contributed by atoms with Gasteiger partial charge in [-0.1, -0.05) is 6.08 Å². The predicted octanol–water partition coefficient (Wildman–Crippen LogP) is 1.32. The molecule has 0 aliphatic carbocycles. The summed E-state index contributed by atoms with van der Waals surface area (Å²) >= 11 is 0. The van der Waals surface area contributed by atoms with Crippen LogP contribution in [0.1, 0.15) is 18.4 Å². The second-order valence-electron chi connectivity index (χ2n) is 6.71. The molecule has 0 aromatic heterocycles. The number of piperidine rings is 1. The predicted molar refractivity (Wildman–Crippen MR) is 99.6 cm³/mol. The molecule has 6 nitrogen and oxygen atoms in total. The highest BCUT2D eigenvalue weighted by molar-refractivity contribution is 6.03. The van der Waals surface area contributed by atoms with E-state index >= 15 is 0 Å². The molecule has 0 radical (unpaired) electrons. The molecule has 132 valence electrons. The fraction of sp³-hybridized carbons (Fsp3) is 0.474. The van der Waals surface area contributed by atoms with E-state index in [0.717, 1.165) is 43.9 Å². The van der Waals surface area contributed by atoms with Crippen molar-refractivity contribution in [2.45, 2.75) is 18.9 Å². The molecule has 2 N–H and O–H groups in total. The summed E-state index contributed by atoms with van der Waals surface area (Å²) in [5.41, 5.74) is 8.34. The van der Waals surface area contributed by atoms with Crippen LogP contribution in [0, 0.1) is 11.3 Å². The van der Waals surface area contributed by atoms with Gasteiger partial charge in [0.25, 0.3) is 0 Å². The lowest BCUT2D eigenvalue weighted by atomic mass is 10.1. The van der Waals surface area contributed by atoms with E-state index in [9.17, 15) is 10.1 Å². The van der Waals surface area contributed by atoms with E-state index in [-0.39, 0.29) is 5.91 Å². The van der Waals surface area contributed by atoms with Crippen LogP contribution in [-0.4, -0.2) is 56.1 Å². The Labute approximate surface area is 149 Å². The smallest absolute Gasteiger partial charge is 0.246 e. The van der Waals surface area contributed by atoms with Gasteiger partial charge in [-0.15, -0.1) is 6.58 Å². The number of benzene rings is 1. The van der Waals surface area contributed by atoms with Crippen molar-refractivity contribution >= 4 is 17.3 Å². The van der Waals surface area contributed by atoms with Gasteiger partial charge in [-0.25, -0.2) is 0 Å². The topological polar surface area (TPSA) is 76.6 Å². The van der Waals surface area contributed by atoms with Gasteiger partial charge in [0.1, 0.15) is 0 Å². The molecule has 0 atom stereocenters. The molecule has 0 saturated carbocycles. The lowest BCUT2D eigenvalue weighted by Gasteiger charge is -2.38. The third-order valence-corrected chi connectivity index (χ3v) is 4.98. The Balaban J connectivity index is 1.79. The van der Waals surface area contributed by atoms with Gasteiger partial charge in [0.05, 0.1) is 29.6 Å². The first-order valence-electron chi connectivity index (χ1n) is 8.80. The van der Waals surface area contributed by atoms with Gasteiger partial charge < -0.3 is 20.4 Å². The Hall–Kier alpha value is -2.36. The molecule has 2 aliphatic rings.